The summed E-state index contributed by atoms with van der Waals surface area (Å²) in [6.07, 6.45) is 2.54. The van der Waals surface area contributed by atoms with Gasteiger partial charge in [-0.15, -0.1) is 11.6 Å². The predicted molar refractivity (Wildman–Crippen MR) is 84.4 cm³/mol. The zero-order valence-electron chi connectivity index (χ0n) is 10.1. The molecular weight excluding hydrogens is 375 g/mol. The van der Waals surface area contributed by atoms with Crippen molar-refractivity contribution in [2.45, 2.75) is 18.8 Å². The van der Waals surface area contributed by atoms with Crippen LogP contribution in [0.25, 0.3) is 11.0 Å². The summed E-state index contributed by atoms with van der Waals surface area (Å²) in [5, 5.41) is 0. The number of rotatable bonds is 4. The van der Waals surface area contributed by atoms with Crippen molar-refractivity contribution in [1.29, 1.82) is 0 Å². The zero-order valence-corrected chi connectivity index (χ0v) is 13.1. The van der Waals surface area contributed by atoms with E-state index in [4.69, 9.17) is 16.0 Å². The summed E-state index contributed by atoms with van der Waals surface area (Å²) in [5.41, 5.74) is 2.13. The number of furan rings is 1. The van der Waals surface area contributed by atoms with E-state index in [-0.39, 0.29) is 0 Å². The Morgan fingerprint density at radius 1 is 1.32 bits per heavy atom. The second kappa shape index (κ2) is 5.54. The van der Waals surface area contributed by atoms with E-state index in [1.54, 1.807) is 6.26 Å². The lowest BCUT2D eigenvalue weighted by Gasteiger charge is -2.06. The smallest absolute Gasteiger partial charge is 0.124 e. The third kappa shape index (κ3) is 2.65. The van der Waals surface area contributed by atoms with Gasteiger partial charge in [-0.25, -0.2) is 4.98 Å². The van der Waals surface area contributed by atoms with E-state index in [1.165, 1.54) is 3.57 Å². The zero-order chi connectivity index (χ0) is 13.2. The van der Waals surface area contributed by atoms with Gasteiger partial charge < -0.3 is 8.98 Å². The molecular formula is C14H12ClIN2O. The van der Waals surface area contributed by atoms with Gasteiger partial charge in [0.15, 0.2) is 0 Å². The molecule has 3 aromatic rings. The number of hydrogen-bond donors (Lipinski definition) is 0. The normalized spacial score (nSPS) is 11.3. The first kappa shape index (κ1) is 13.0. The molecule has 0 fully saturated rings. The fourth-order valence-corrected chi connectivity index (χ4v) is 2.86. The topological polar surface area (TPSA) is 31.0 Å². The number of nitrogens with zero attached hydrogens (tertiary/aromatic N) is 2. The summed E-state index contributed by atoms with van der Waals surface area (Å²) in [4.78, 5) is 4.59. The SMILES string of the molecule is ClCc1nc2cc(I)ccc2n1CCc1ccco1. The van der Waals surface area contributed by atoms with Crippen LogP contribution < -0.4 is 0 Å². The number of imidazole rings is 1. The molecule has 0 atom stereocenters. The molecule has 0 aliphatic rings. The largest absolute Gasteiger partial charge is 0.469 e. The molecule has 0 saturated heterocycles. The average molecular weight is 387 g/mol. The molecule has 19 heavy (non-hydrogen) atoms. The van der Waals surface area contributed by atoms with Crippen LogP contribution in [-0.4, -0.2) is 9.55 Å². The van der Waals surface area contributed by atoms with Crippen LogP contribution in [0.15, 0.2) is 41.0 Å². The quantitative estimate of drug-likeness (QED) is 0.497. The van der Waals surface area contributed by atoms with Crippen LogP contribution in [0.1, 0.15) is 11.6 Å². The first-order chi connectivity index (χ1) is 9.28. The number of fused-ring (bicyclic) bond motifs is 1. The number of halogens is 2. The summed E-state index contributed by atoms with van der Waals surface area (Å²) in [6, 6.07) is 10.2. The van der Waals surface area contributed by atoms with Gasteiger partial charge in [0.1, 0.15) is 11.6 Å². The maximum atomic E-state index is 6.00. The summed E-state index contributed by atoms with van der Waals surface area (Å²) < 4.78 is 8.72. The fraction of sp³-hybridized carbons (Fsp3) is 0.214. The van der Waals surface area contributed by atoms with E-state index in [0.717, 1.165) is 35.6 Å². The van der Waals surface area contributed by atoms with Gasteiger partial charge in [-0.2, -0.15) is 0 Å². The molecule has 0 aliphatic heterocycles. The van der Waals surface area contributed by atoms with Crippen LogP contribution in [0, 0.1) is 3.57 Å². The molecule has 0 saturated carbocycles. The summed E-state index contributed by atoms with van der Waals surface area (Å²) in [7, 11) is 0. The number of hydrogen-bond acceptors (Lipinski definition) is 2. The minimum atomic E-state index is 0.420. The summed E-state index contributed by atoms with van der Waals surface area (Å²) in [5.74, 6) is 2.31. The van der Waals surface area contributed by atoms with Crippen LogP contribution in [0.2, 0.25) is 0 Å². The van der Waals surface area contributed by atoms with Crippen molar-refractivity contribution in [3.05, 3.63) is 51.7 Å². The van der Waals surface area contributed by atoms with E-state index >= 15 is 0 Å². The lowest BCUT2D eigenvalue weighted by molar-refractivity contribution is 0.491. The van der Waals surface area contributed by atoms with Crippen LogP contribution in [-0.2, 0) is 18.8 Å². The van der Waals surface area contributed by atoms with Gasteiger partial charge >= 0.3 is 0 Å². The van der Waals surface area contributed by atoms with Crippen LogP contribution >= 0.6 is 34.2 Å². The second-order valence-corrected chi connectivity index (χ2v) is 5.79. The molecule has 0 spiro atoms. The predicted octanol–water partition coefficient (Wildman–Crippen LogP) is 4.22. The molecule has 3 rings (SSSR count). The van der Waals surface area contributed by atoms with Gasteiger partial charge in [-0.3, -0.25) is 0 Å². The molecule has 0 bridgehead atoms. The van der Waals surface area contributed by atoms with E-state index in [2.05, 4.69) is 50.3 Å². The fourth-order valence-electron chi connectivity index (χ4n) is 2.18. The summed E-state index contributed by atoms with van der Waals surface area (Å²) >= 11 is 8.29. The van der Waals surface area contributed by atoms with E-state index in [0.29, 0.717) is 5.88 Å². The van der Waals surface area contributed by atoms with Crippen LogP contribution in [0.4, 0.5) is 0 Å². The molecule has 98 valence electrons. The monoisotopic (exact) mass is 386 g/mol. The Hall–Kier alpha value is -1.01. The van der Waals surface area contributed by atoms with Gasteiger partial charge in [0.25, 0.3) is 0 Å². The average Bonchev–Trinajstić information content (AvgIpc) is 3.02. The minimum absolute atomic E-state index is 0.420. The van der Waals surface area contributed by atoms with E-state index in [1.807, 2.05) is 12.1 Å². The molecule has 0 unspecified atom stereocenters. The molecule has 3 nitrogen and oxygen atoms in total. The van der Waals surface area contributed by atoms with Crippen molar-refractivity contribution in [2.75, 3.05) is 0 Å². The number of alkyl halides is 1. The maximum Gasteiger partial charge on any atom is 0.124 e. The Labute approximate surface area is 129 Å². The molecule has 5 heteroatoms. The van der Waals surface area contributed by atoms with Crippen molar-refractivity contribution in [2.24, 2.45) is 0 Å². The van der Waals surface area contributed by atoms with E-state index < -0.39 is 0 Å². The van der Waals surface area contributed by atoms with Crippen LogP contribution in [0.5, 0.6) is 0 Å². The highest BCUT2D eigenvalue weighted by atomic mass is 127. The Kier molecular flexibility index (Phi) is 3.79. The molecule has 2 aromatic heterocycles. The first-order valence-electron chi connectivity index (χ1n) is 6.01. The molecule has 0 N–H and O–H groups in total. The highest BCUT2D eigenvalue weighted by Crippen LogP contribution is 2.20. The Balaban J connectivity index is 1.96. The third-order valence-electron chi connectivity index (χ3n) is 3.07. The molecule has 2 heterocycles. The van der Waals surface area contributed by atoms with Crippen LogP contribution in [0.3, 0.4) is 0 Å². The van der Waals surface area contributed by atoms with Gasteiger partial charge in [-0.05, 0) is 52.9 Å². The highest BCUT2D eigenvalue weighted by molar-refractivity contribution is 14.1. The Bertz CT molecular complexity index is 691. The Morgan fingerprint density at radius 2 is 2.21 bits per heavy atom. The first-order valence-corrected chi connectivity index (χ1v) is 7.62. The van der Waals surface area contributed by atoms with Gasteiger partial charge in [0, 0.05) is 16.5 Å². The number of aryl methyl sites for hydroxylation is 2. The maximum absolute atomic E-state index is 6.00. The minimum Gasteiger partial charge on any atom is -0.469 e. The standard InChI is InChI=1S/C14H12ClIN2O/c15-9-14-17-12-8-10(16)3-4-13(12)18(14)6-5-11-2-1-7-19-11/h1-4,7-8H,5-6,9H2. The number of benzene rings is 1. The van der Waals surface area contributed by atoms with Gasteiger partial charge in [0.2, 0.25) is 0 Å². The Morgan fingerprint density at radius 3 is 2.95 bits per heavy atom. The van der Waals surface area contributed by atoms with Crippen molar-refractivity contribution in [1.82, 2.24) is 9.55 Å². The second-order valence-electron chi connectivity index (χ2n) is 4.28. The summed E-state index contributed by atoms with van der Waals surface area (Å²) in [6.45, 7) is 0.826. The molecule has 1 aromatic carbocycles. The van der Waals surface area contributed by atoms with Crippen molar-refractivity contribution < 1.29 is 4.42 Å². The lowest BCUT2D eigenvalue weighted by Crippen LogP contribution is -2.04. The number of aromatic nitrogens is 2. The van der Waals surface area contributed by atoms with Gasteiger partial charge in [0.05, 0.1) is 23.2 Å². The molecule has 0 radical (unpaired) electrons. The van der Waals surface area contributed by atoms with E-state index in [9.17, 15) is 0 Å². The third-order valence-corrected chi connectivity index (χ3v) is 3.98. The highest BCUT2D eigenvalue weighted by Gasteiger charge is 2.10. The van der Waals surface area contributed by atoms with Crippen molar-refractivity contribution in [3.8, 4) is 0 Å². The van der Waals surface area contributed by atoms with Crippen molar-refractivity contribution in [3.63, 3.8) is 0 Å². The van der Waals surface area contributed by atoms with Gasteiger partial charge in [-0.1, -0.05) is 0 Å². The van der Waals surface area contributed by atoms with Crippen molar-refractivity contribution >= 4 is 45.2 Å². The molecule has 0 aliphatic carbocycles. The lowest BCUT2D eigenvalue weighted by atomic mass is 10.3. The molecule has 0 amide bonds.